The van der Waals surface area contributed by atoms with Crippen LogP contribution in [0.2, 0.25) is 5.02 Å². The number of halogens is 1. The molecule has 0 spiro atoms. The first-order chi connectivity index (χ1) is 13.4. The summed E-state index contributed by atoms with van der Waals surface area (Å²) in [4.78, 5) is 28.6. The van der Waals surface area contributed by atoms with Gasteiger partial charge in [-0.2, -0.15) is 0 Å². The van der Waals surface area contributed by atoms with Crippen molar-refractivity contribution in [2.75, 3.05) is 36.4 Å². The lowest BCUT2D eigenvalue weighted by molar-refractivity contribution is -0.117. The first-order valence-corrected chi connectivity index (χ1v) is 9.46. The summed E-state index contributed by atoms with van der Waals surface area (Å²) in [7, 11) is 0. The lowest BCUT2D eigenvalue weighted by Gasteiger charge is -2.36. The minimum Gasteiger partial charge on any atom is -0.506 e. The number of rotatable bonds is 4. The minimum atomic E-state index is -0.735. The number of anilines is 2. The lowest BCUT2D eigenvalue weighted by Crippen LogP contribution is -2.54. The van der Waals surface area contributed by atoms with Crippen molar-refractivity contribution < 1.29 is 14.7 Å². The SMILES string of the molecule is CC(NC(=O)N1CCN(c2ccc(Cl)cc2)CC1)C(=O)Nc1ccccc1O. The third-order valence-electron chi connectivity index (χ3n) is 4.65. The quantitative estimate of drug-likeness (QED) is 0.686. The number of carbonyl (C=O) groups is 2. The summed E-state index contributed by atoms with van der Waals surface area (Å²) in [5.41, 5.74) is 1.38. The number of amides is 3. The standard InChI is InChI=1S/C20H23ClN4O3/c1-14(19(27)23-17-4-2-3-5-18(17)26)22-20(28)25-12-10-24(11-13-25)16-8-6-15(21)7-9-16/h2-9,14,26H,10-13H2,1H3,(H,22,28)(H,23,27). The van der Waals surface area contributed by atoms with E-state index in [1.54, 1.807) is 30.0 Å². The van der Waals surface area contributed by atoms with Gasteiger partial charge < -0.3 is 25.5 Å². The van der Waals surface area contributed by atoms with Gasteiger partial charge in [0.15, 0.2) is 0 Å². The van der Waals surface area contributed by atoms with Crippen LogP contribution in [0.5, 0.6) is 5.75 Å². The van der Waals surface area contributed by atoms with Gasteiger partial charge in [0.05, 0.1) is 5.69 Å². The zero-order valence-corrected chi connectivity index (χ0v) is 16.3. The normalized spacial score (nSPS) is 15.1. The van der Waals surface area contributed by atoms with Crippen molar-refractivity contribution in [1.29, 1.82) is 0 Å². The summed E-state index contributed by atoms with van der Waals surface area (Å²) in [6.07, 6.45) is 0. The van der Waals surface area contributed by atoms with Crippen LogP contribution in [0.15, 0.2) is 48.5 Å². The zero-order chi connectivity index (χ0) is 20.1. The van der Waals surface area contributed by atoms with E-state index in [0.717, 1.165) is 5.69 Å². The van der Waals surface area contributed by atoms with Gasteiger partial charge in [0.2, 0.25) is 5.91 Å². The summed E-state index contributed by atoms with van der Waals surface area (Å²) in [6.45, 7) is 4.13. The number of aromatic hydroxyl groups is 1. The molecule has 1 saturated heterocycles. The maximum atomic E-state index is 12.5. The average Bonchev–Trinajstić information content (AvgIpc) is 2.70. The molecule has 0 radical (unpaired) electrons. The van der Waals surface area contributed by atoms with E-state index in [1.165, 1.54) is 6.07 Å². The molecular formula is C20H23ClN4O3. The molecule has 3 rings (SSSR count). The van der Waals surface area contributed by atoms with E-state index >= 15 is 0 Å². The monoisotopic (exact) mass is 402 g/mol. The molecule has 0 bridgehead atoms. The van der Waals surface area contributed by atoms with Gasteiger partial charge in [0.1, 0.15) is 11.8 Å². The Kier molecular flexibility index (Phi) is 6.26. The molecule has 148 valence electrons. The van der Waals surface area contributed by atoms with E-state index in [0.29, 0.717) is 36.9 Å². The molecule has 2 aromatic carbocycles. The predicted molar refractivity (Wildman–Crippen MR) is 110 cm³/mol. The number of phenols is 1. The maximum absolute atomic E-state index is 12.5. The van der Waals surface area contributed by atoms with E-state index < -0.39 is 11.9 Å². The van der Waals surface area contributed by atoms with Gasteiger partial charge in [0.25, 0.3) is 0 Å². The number of hydrogen-bond donors (Lipinski definition) is 3. The molecule has 3 amide bonds. The Morgan fingerprint density at radius 2 is 1.68 bits per heavy atom. The number of nitrogens with one attached hydrogen (secondary N) is 2. The fourth-order valence-corrected chi connectivity index (χ4v) is 3.11. The highest BCUT2D eigenvalue weighted by atomic mass is 35.5. The van der Waals surface area contributed by atoms with Gasteiger partial charge in [-0.3, -0.25) is 4.79 Å². The fraction of sp³-hybridized carbons (Fsp3) is 0.300. The Bertz CT molecular complexity index is 836. The molecule has 0 aromatic heterocycles. The third-order valence-corrected chi connectivity index (χ3v) is 4.91. The molecule has 1 unspecified atom stereocenters. The summed E-state index contributed by atoms with van der Waals surface area (Å²) in [5, 5.41) is 15.7. The molecule has 28 heavy (non-hydrogen) atoms. The average molecular weight is 403 g/mol. The van der Waals surface area contributed by atoms with Gasteiger partial charge in [-0.1, -0.05) is 23.7 Å². The molecule has 0 saturated carbocycles. The molecule has 1 aliphatic heterocycles. The van der Waals surface area contributed by atoms with Gasteiger partial charge in [-0.05, 0) is 43.3 Å². The Labute approximate surface area is 168 Å². The van der Waals surface area contributed by atoms with Crippen LogP contribution in [0.25, 0.3) is 0 Å². The highest BCUT2D eigenvalue weighted by Gasteiger charge is 2.24. The Morgan fingerprint density at radius 3 is 2.32 bits per heavy atom. The van der Waals surface area contributed by atoms with Gasteiger partial charge in [-0.15, -0.1) is 0 Å². The number of nitrogens with zero attached hydrogens (tertiary/aromatic N) is 2. The highest BCUT2D eigenvalue weighted by Crippen LogP contribution is 2.22. The minimum absolute atomic E-state index is 0.0207. The molecule has 0 aliphatic carbocycles. The van der Waals surface area contributed by atoms with Crippen LogP contribution < -0.4 is 15.5 Å². The van der Waals surface area contributed by atoms with Crippen molar-refractivity contribution in [3.8, 4) is 5.75 Å². The summed E-state index contributed by atoms with van der Waals surface area (Å²) < 4.78 is 0. The van der Waals surface area contributed by atoms with Crippen molar-refractivity contribution in [2.45, 2.75) is 13.0 Å². The summed E-state index contributed by atoms with van der Waals surface area (Å²) in [6, 6.07) is 13.1. The number of carbonyl (C=O) groups excluding carboxylic acids is 2. The van der Waals surface area contributed by atoms with Crippen molar-refractivity contribution >= 4 is 34.9 Å². The van der Waals surface area contributed by atoms with Crippen LogP contribution in [-0.4, -0.2) is 54.2 Å². The Balaban J connectivity index is 1.49. The third kappa shape index (κ3) is 4.86. The Hall–Kier alpha value is -2.93. The van der Waals surface area contributed by atoms with Gasteiger partial charge in [-0.25, -0.2) is 4.79 Å². The predicted octanol–water partition coefficient (Wildman–Crippen LogP) is 2.90. The van der Waals surface area contributed by atoms with E-state index in [1.807, 2.05) is 24.3 Å². The number of piperazine rings is 1. The van der Waals surface area contributed by atoms with Crippen LogP contribution in [0.3, 0.4) is 0 Å². The molecule has 1 heterocycles. The second-order valence-electron chi connectivity index (χ2n) is 6.63. The summed E-state index contributed by atoms with van der Waals surface area (Å²) in [5.74, 6) is -0.414. The van der Waals surface area contributed by atoms with Crippen molar-refractivity contribution in [1.82, 2.24) is 10.2 Å². The number of urea groups is 1. The topological polar surface area (TPSA) is 84.9 Å². The van der Waals surface area contributed by atoms with E-state index in [2.05, 4.69) is 15.5 Å². The van der Waals surface area contributed by atoms with Crippen LogP contribution in [0.4, 0.5) is 16.2 Å². The molecule has 2 aromatic rings. The number of para-hydroxylation sites is 2. The number of benzene rings is 2. The fourth-order valence-electron chi connectivity index (χ4n) is 2.98. The van der Waals surface area contributed by atoms with Crippen molar-refractivity contribution in [2.24, 2.45) is 0 Å². The smallest absolute Gasteiger partial charge is 0.318 e. The molecule has 8 heteroatoms. The first kappa shape index (κ1) is 19.8. The van der Waals surface area contributed by atoms with Crippen molar-refractivity contribution in [3.05, 3.63) is 53.6 Å². The molecule has 1 fully saturated rings. The maximum Gasteiger partial charge on any atom is 0.318 e. The lowest BCUT2D eigenvalue weighted by atomic mass is 10.2. The molecule has 7 nitrogen and oxygen atoms in total. The van der Waals surface area contributed by atoms with Gasteiger partial charge >= 0.3 is 6.03 Å². The highest BCUT2D eigenvalue weighted by molar-refractivity contribution is 6.30. The van der Waals surface area contributed by atoms with Crippen LogP contribution in [-0.2, 0) is 4.79 Å². The number of phenolic OH excluding ortho intramolecular Hbond substituents is 1. The van der Waals surface area contributed by atoms with Crippen LogP contribution in [0, 0.1) is 0 Å². The second kappa shape index (κ2) is 8.84. The zero-order valence-electron chi connectivity index (χ0n) is 15.6. The molecule has 3 N–H and O–H groups in total. The van der Waals surface area contributed by atoms with Gasteiger partial charge in [0, 0.05) is 36.9 Å². The van der Waals surface area contributed by atoms with Crippen LogP contribution >= 0.6 is 11.6 Å². The Morgan fingerprint density at radius 1 is 1.04 bits per heavy atom. The van der Waals surface area contributed by atoms with Crippen LogP contribution in [0.1, 0.15) is 6.92 Å². The van der Waals surface area contributed by atoms with E-state index in [9.17, 15) is 14.7 Å². The van der Waals surface area contributed by atoms with E-state index in [-0.39, 0.29) is 11.8 Å². The molecular weight excluding hydrogens is 380 g/mol. The number of hydrogen-bond acceptors (Lipinski definition) is 4. The first-order valence-electron chi connectivity index (χ1n) is 9.09. The van der Waals surface area contributed by atoms with Crippen molar-refractivity contribution in [3.63, 3.8) is 0 Å². The summed E-state index contributed by atoms with van der Waals surface area (Å²) >= 11 is 5.92. The largest absolute Gasteiger partial charge is 0.506 e. The van der Waals surface area contributed by atoms with E-state index in [4.69, 9.17) is 11.6 Å². The molecule has 1 aliphatic rings. The second-order valence-corrected chi connectivity index (χ2v) is 7.06. The molecule has 1 atom stereocenters.